The number of aromatic amines is 1. The molecule has 1 rings (SSSR count). The molecule has 1 aromatic rings. The van der Waals surface area contributed by atoms with Crippen LogP contribution in [0.25, 0.3) is 0 Å². The van der Waals surface area contributed by atoms with Gasteiger partial charge in [-0.1, -0.05) is 0 Å². The first kappa shape index (κ1) is 16.6. The van der Waals surface area contributed by atoms with Gasteiger partial charge in [-0.15, -0.1) is 24.8 Å². The molecule has 1 aromatic heterocycles. The number of aromatic nitrogens is 2. The van der Waals surface area contributed by atoms with Crippen LogP contribution in [0.2, 0.25) is 0 Å². The van der Waals surface area contributed by atoms with E-state index in [-0.39, 0.29) is 31.2 Å². The topological polar surface area (TPSA) is 78.0 Å². The summed E-state index contributed by atoms with van der Waals surface area (Å²) in [6.45, 7) is -0.856. The van der Waals surface area contributed by atoms with Crippen molar-refractivity contribution in [1.82, 2.24) is 15.3 Å². The van der Waals surface area contributed by atoms with Gasteiger partial charge in [-0.25, -0.2) is 9.37 Å². The standard InChI is InChI=1S/C7H10FN3O2.2ClH/c8-3-10-6(7(12)13)1-5-2-9-4-11-5;;/h2,4,6,10H,1,3H2,(H,9,11)(H,12,13);2*1H. The lowest BCUT2D eigenvalue weighted by Gasteiger charge is -2.09. The van der Waals surface area contributed by atoms with Gasteiger partial charge in [0.1, 0.15) is 12.8 Å². The van der Waals surface area contributed by atoms with Crippen molar-refractivity contribution in [2.45, 2.75) is 12.5 Å². The van der Waals surface area contributed by atoms with E-state index in [0.29, 0.717) is 5.69 Å². The Balaban J connectivity index is 0. The van der Waals surface area contributed by atoms with Crippen LogP contribution in [0.4, 0.5) is 4.39 Å². The summed E-state index contributed by atoms with van der Waals surface area (Å²) in [6, 6.07) is -0.912. The fourth-order valence-corrected chi connectivity index (χ4v) is 0.956. The molecule has 0 saturated carbocycles. The van der Waals surface area contributed by atoms with E-state index in [4.69, 9.17) is 5.11 Å². The highest BCUT2D eigenvalue weighted by Crippen LogP contribution is 1.98. The van der Waals surface area contributed by atoms with Crippen molar-refractivity contribution in [2.75, 3.05) is 6.80 Å². The molecule has 0 aliphatic rings. The van der Waals surface area contributed by atoms with Gasteiger partial charge in [0.2, 0.25) is 0 Å². The van der Waals surface area contributed by atoms with Crippen LogP contribution in [0.5, 0.6) is 0 Å². The summed E-state index contributed by atoms with van der Waals surface area (Å²) in [4.78, 5) is 17.0. The predicted molar refractivity (Wildman–Crippen MR) is 57.3 cm³/mol. The largest absolute Gasteiger partial charge is 0.480 e. The zero-order valence-electron chi connectivity index (χ0n) is 7.64. The predicted octanol–water partition coefficient (Wildman–Crippen LogP) is 0.766. The number of carboxylic acid groups (broad SMARTS) is 1. The first-order chi connectivity index (χ1) is 6.24. The van der Waals surface area contributed by atoms with Crippen LogP contribution < -0.4 is 5.32 Å². The lowest BCUT2D eigenvalue weighted by molar-refractivity contribution is -0.139. The van der Waals surface area contributed by atoms with Crippen molar-refractivity contribution in [2.24, 2.45) is 0 Å². The molecule has 0 fully saturated rings. The SMILES string of the molecule is Cl.Cl.O=C(O)C(Cc1cnc[nH]1)NCF. The number of carboxylic acids is 1. The zero-order chi connectivity index (χ0) is 9.68. The van der Waals surface area contributed by atoms with Crippen molar-refractivity contribution < 1.29 is 14.3 Å². The smallest absolute Gasteiger partial charge is 0.321 e. The minimum Gasteiger partial charge on any atom is -0.480 e. The summed E-state index contributed by atoms with van der Waals surface area (Å²) in [5, 5.41) is 10.8. The van der Waals surface area contributed by atoms with Gasteiger partial charge in [0, 0.05) is 18.3 Å². The number of halogens is 3. The number of hydrogen-bond acceptors (Lipinski definition) is 3. The quantitative estimate of drug-likeness (QED) is 0.683. The Bertz CT molecular complexity index is 271. The number of nitrogens with one attached hydrogen (secondary N) is 2. The van der Waals surface area contributed by atoms with Crippen molar-refractivity contribution in [3.05, 3.63) is 18.2 Å². The Hall–Kier alpha value is -0.850. The summed E-state index contributed by atoms with van der Waals surface area (Å²) >= 11 is 0. The van der Waals surface area contributed by atoms with Crippen LogP contribution in [0, 0.1) is 0 Å². The maximum Gasteiger partial charge on any atom is 0.321 e. The minimum atomic E-state index is -1.08. The number of carbonyl (C=O) groups is 1. The molecule has 0 aliphatic carbocycles. The summed E-state index contributed by atoms with van der Waals surface area (Å²) in [5.74, 6) is -1.08. The van der Waals surface area contributed by atoms with Gasteiger partial charge in [0.05, 0.1) is 6.33 Å². The van der Waals surface area contributed by atoms with E-state index in [1.54, 1.807) is 0 Å². The van der Waals surface area contributed by atoms with Crippen LogP contribution in [0.3, 0.4) is 0 Å². The van der Waals surface area contributed by atoms with Crippen LogP contribution in [0.15, 0.2) is 12.5 Å². The molecular formula is C7H12Cl2FN3O2. The lowest BCUT2D eigenvalue weighted by Crippen LogP contribution is -2.38. The second kappa shape index (κ2) is 8.46. The highest BCUT2D eigenvalue weighted by molar-refractivity contribution is 5.85. The molecule has 0 spiro atoms. The second-order valence-electron chi connectivity index (χ2n) is 2.51. The van der Waals surface area contributed by atoms with Gasteiger partial charge in [-0.2, -0.15) is 0 Å². The third-order valence-corrected chi connectivity index (χ3v) is 1.60. The van der Waals surface area contributed by atoms with Crippen LogP contribution in [0.1, 0.15) is 5.69 Å². The molecule has 1 heterocycles. The monoisotopic (exact) mass is 259 g/mol. The number of alkyl halides is 1. The van der Waals surface area contributed by atoms with Crippen molar-refractivity contribution in [1.29, 1.82) is 0 Å². The third-order valence-electron chi connectivity index (χ3n) is 1.60. The summed E-state index contributed by atoms with van der Waals surface area (Å²) in [7, 11) is 0. The van der Waals surface area contributed by atoms with E-state index in [2.05, 4.69) is 15.3 Å². The Kier molecular flexibility index (Phi) is 9.35. The zero-order valence-corrected chi connectivity index (χ0v) is 9.28. The van der Waals surface area contributed by atoms with Gasteiger partial charge < -0.3 is 10.1 Å². The summed E-state index contributed by atoms with van der Waals surface area (Å²) < 4.78 is 11.8. The lowest BCUT2D eigenvalue weighted by atomic mass is 10.2. The summed E-state index contributed by atoms with van der Waals surface area (Å²) in [6.07, 6.45) is 3.15. The Morgan fingerprint density at radius 2 is 2.33 bits per heavy atom. The molecule has 1 atom stereocenters. The molecular weight excluding hydrogens is 248 g/mol. The first-order valence-corrected chi connectivity index (χ1v) is 3.73. The normalized spacial score (nSPS) is 11.0. The molecule has 3 N–H and O–H groups in total. The van der Waals surface area contributed by atoms with Crippen molar-refractivity contribution in [3.63, 3.8) is 0 Å². The van der Waals surface area contributed by atoms with Crippen LogP contribution in [-0.2, 0) is 11.2 Å². The third kappa shape index (κ3) is 5.56. The van der Waals surface area contributed by atoms with E-state index >= 15 is 0 Å². The molecule has 0 amide bonds. The Morgan fingerprint density at radius 3 is 2.73 bits per heavy atom. The molecule has 0 aliphatic heterocycles. The van der Waals surface area contributed by atoms with Crippen LogP contribution >= 0.6 is 24.8 Å². The molecule has 1 unspecified atom stereocenters. The Morgan fingerprint density at radius 1 is 1.67 bits per heavy atom. The molecule has 0 aromatic carbocycles. The molecule has 88 valence electrons. The molecule has 5 nitrogen and oxygen atoms in total. The number of rotatable bonds is 5. The average Bonchev–Trinajstić information content (AvgIpc) is 2.56. The number of nitrogens with zero attached hydrogens (tertiary/aromatic N) is 1. The van der Waals surface area contributed by atoms with E-state index in [1.807, 2.05) is 0 Å². The van der Waals surface area contributed by atoms with Gasteiger partial charge >= 0.3 is 5.97 Å². The maximum absolute atomic E-state index is 11.8. The van der Waals surface area contributed by atoms with Gasteiger partial charge in [0.15, 0.2) is 0 Å². The number of imidazole rings is 1. The second-order valence-corrected chi connectivity index (χ2v) is 2.51. The molecule has 0 bridgehead atoms. The van der Waals surface area contributed by atoms with Crippen molar-refractivity contribution >= 4 is 30.8 Å². The molecule has 0 radical (unpaired) electrons. The maximum atomic E-state index is 11.8. The highest BCUT2D eigenvalue weighted by atomic mass is 35.5. The summed E-state index contributed by atoms with van der Waals surface area (Å²) in [5.41, 5.74) is 0.661. The molecule has 15 heavy (non-hydrogen) atoms. The molecule has 8 heteroatoms. The number of hydrogen-bond donors (Lipinski definition) is 3. The van der Waals surface area contributed by atoms with E-state index < -0.39 is 18.8 Å². The number of aliphatic carboxylic acids is 1. The van der Waals surface area contributed by atoms with Gasteiger partial charge in [0.25, 0.3) is 0 Å². The van der Waals surface area contributed by atoms with E-state index in [1.165, 1.54) is 12.5 Å². The fourth-order valence-electron chi connectivity index (χ4n) is 0.956. The van der Waals surface area contributed by atoms with Crippen molar-refractivity contribution in [3.8, 4) is 0 Å². The average molecular weight is 260 g/mol. The van der Waals surface area contributed by atoms with E-state index in [9.17, 15) is 9.18 Å². The fraction of sp³-hybridized carbons (Fsp3) is 0.429. The Labute approximate surface area is 98.3 Å². The van der Waals surface area contributed by atoms with Gasteiger partial charge in [-0.3, -0.25) is 10.1 Å². The first-order valence-electron chi connectivity index (χ1n) is 3.73. The van der Waals surface area contributed by atoms with E-state index in [0.717, 1.165) is 0 Å². The van der Waals surface area contributed by atoms with Crippen LogP contribution in [-0.4, -0.2) is 33.9 Å². The molecule has 0 saturated heterocycles. The minimum absolute atomic E-state index is 0. The van der Waals surface area contributed by atoms with Gasteiger partial charge in [-0.05, 0) is 0 Å². The number of H-pyrrole nitrogens is 1. The highest BCUT2D eigenvalue weighted by Gasteiger charge is 2.17.